The zero-order valence-corrected chi connectivity index (χ0v) is 9.80. The molecule has 0 amide bonds. The average molecular weight is 240 g/mol. The molecule has 1 aromatic rings. The number of benzene rings is 1. The van der Waals surface area contributed by atoms with Gasteiger partial charge in [0.25, 0.3) is 0 Å². The molecule has 0 aliphatic heterocycles. The Balaban J connectivity index is 2.33. The van der Waals surface area contributed by atoms with Crippen LogP contribution in [0.25, 0.3) is 0 Å². The lowest BCUT2D eigenvalue weighted by Crippen LogP contribution is -2.26. The van der Waals surface area contributed by atoms with Gasteiger partial charge in [-0.25, -0.2) is 8.78 Å². The molecule has 0 saturated heterocycles. The molecule has 2 nitrogen and oxygen atoms in total. The zero-order valence-electron chi connectivity index (χ0n) is 9.80. The van der Waals surface area contributed by atoms with Crippen LogP contribution in [-0.2, 0) is 4.74 Å². The first-order valence-electron chi connectivity index (χ1n) is 5.58. The lowest BCUT2D eigenvalue weighted by atomic mass is 10.0. The van der Waals surface area contributed by atoms with Crippen molar-refractivity contribution in [3.05, 3.63) is 34.9 Å². The molecule has 1 aliphatic rings. The first kappa shape index (κ1) is 12.2. The molecule has 0 radical (unpaired) electrons. The van der Waals surface area contributed by atoms with Crippen molar-refractivity contribution in [1.29, 1.82) is 0 Å². The lowest BCUT2D eigenvalue weighted by molar-refractivity contribution is 0.0535. The fourth-order valence-electron chi connectivity index (χ4n) is 1.90. The Labute approximate surface area is 98.6 Å². The third kappa shape index (κ3) is 2.22. The van der Waals surface area contributed by atoms with Crippen molar-refractivity contribution in [2.75, 3.05) is 7.11 Å². The fraction of sp³-hybridized carbons (Fsp3) is 0.462. The minimum Gasteiger partial charge on any atom is -0.373 e. The number of methoxy groups -OCH3 is 1. The molecule has 2 rings (SSSR count). The summed E-state index contributed by atoms with van der Waals surface area (Å²) in [5.74, 6) is -2.35. The highest BCUT2D eigenvalue weighted by Gasteiger charge is 2.37. The van der Waals surface area contributed by atoms with Crippen molar-refractivity contribution in [3.8, 4) is 0 Å². The standard InChI is InChI=1S/C13H14F2O2/c1-7-3-6-9(11(15)10(7)14)12(16)13(17-2)8-4-5-8/h3,6,8,13H,4-5H2,1-2H3. The molecule has 1 atom stereocenters. The first-order chi connectivity index (χ1) is 8.06. The van der Waals surface area contributed by atoms with Crippen molar-refractivity contribution in [2.45, 2.75) is 25.9 Å². The lowest BCUT2D eigenvalue weighted by Gasteiger charge is -2.14. The van der Waals surface area contributed by atoms with E-state index in [2.05, 4.69) is 0 Å². The van der Waals surface area contributed by atoms with Crippen LogP contribution in [0, 0.1) is 24.5 Å². The molecule has 0 N–H and O–H groups in total. The third-order valence-electron chi connectivity index (χ3n) is 3.10. The van der Waals surface area contributed by atoms with Crippen LogP contribution in [0.3, 0.4) is 0 Å². The van der Waals surface area contributed by atoms with E-state index in [4.69, 9.17) is 4.74 Å². The molecule has 1 saturated carbocycles. The molecule has 0 aromatic heterocycles. The summed E-state index contributed by atoms with van der Waals surface area (Å²) in [6, 6.07) is 2.73. The van der Waals surface area contributed by atoms with Gasteiger partial charge in [0.1, 0.15) is 6.10 Å². The molecular weight excluding hydrogens is 226 g/mol. The summed E-state index contributed by atoms with van der Waals surface area (Å²) in [4.78, 5) is 12.0. The van der Waals surface area contributed by atoms with Crippen LogP contribution in [0.1, 0.15) is 28.8 Å². The maximum atomic E-state index is 13.6. The average Bonchev–Trinajstić information content (AvgIpc) is 3.11. The Morgan fingerprint density at radius 2 is 2.00 bits per heavy atom. The number of aryl methyl sites for hydroxylation is 1. The van der Waals surface area contributed by atoms with E-state index in [1.165, 1.54) is 26.2 Å². The summed E-state index contributed by atoms with van der Waals surface area (Å²) in [5.41, 5.74) is -0.0220. The van der Waals surface area contributed by atoms with Crippen LogP contribution in [0.2, 0.25) is 0 Å². The topological polar surface area (TPSA) is 26.3 Å². The number of carbonyl (C=O) groups is 1. The molecule has 0 spiro atoms. The zero-order chi connectivity index (χ0) is 12.6. The van der Waals surface area contributed by atoms with Gasteiger partial charge in [0.15, 0.2) is 17.4 Å². The smallest absolute Gasteiger partial charge is 0.194 e. The minimum atomic E-state index is -1.07. The summed E-state index contributed by atoms with van der Waals surface area (Å²) in [6.07, 6.45) is 1.16. The molecule has 1 unspecified atom stereocenters. The second-order valence-corrected chi connectivity index (χ2v) is 4.42. The predicted octanol–water partition coefficient (Wildman–Crippen LogP) is 2.88. The molecule has 92 valence electrons. The van der Waals surface area contributed by atoms with Crippen LogP contribution < -0.4 is 0 Å². The van der Waals surface area contributed by atoms with E-state index in [9.17, 15) is 13.6 Å². The summed E-state index contributed by atoms with van der Waals surface area (Å²) < 4.78 is 32.1. The van der Waals surface area contributed by atoms with E-state index >= 15 is 0 Å². The van der Waals surface area contributed by atoms with E-state index in [-0.39, 0.29) is 17.0 Å². The van der Waals surface area contributed by atoms with E-state index in [0.717, 1.165) is 12.8 Å². The van der Waals surface area contributed by atoms with Crippen molar-refractivity contribution in [2.24, 2.45) is 5.92 Å². The summed E-state index contributed by atoms with van der Waals surface area (Å²) in [5, 5.41) is 0. The maximum Gasteiger partial charge on any atom is 0.194 e. The summed E-state index contributed by atoms with van der Waals surface area (Å²) >= 11 is 0. The SMILES string of the molecule is COC(C(=O)c1ccc(C)c(F)c1F)C1CC1. The van der Waals surface area contributed by atoms with E-state index in [0.29, 0.717) is 0 Å². The second kappa shape index (κ2) is 4.53. The van der Waals surface area contributed by atoms with Gasteiger partial charge < -0.3 is 4.74 Å². The van der Waals surface area contributed by atoms with Gasteiger partial charge in [-0.15, -0.1) is 0 Å². The van der Waals surface area contributed by atoms with E-state index in [1.54, 1.807) is 0 Å². The van der Waals surface area contributed by atoms with Gasteiger partial charge in [0, 0.05) is 7.11 Å². The van der Waals surface area contributed by atoms with Crippen molar-refractivity contribution in [1.82, 2.24) is 0 Å². The monoisotopic (exact) mass is 240 g/mol. The maximum absolute atomic E-state index is 13.6. The van der Waals surface area contributed by atoms with Gasteiger partial charge >= 0.3 is 0 Å². The Kier molecular flexibility index (Phi) is 3.24. The Morgan fingerprint density at radius 3 is 2.53 bits per heavy atom. The fourth-order valence-corrected chi connectivity index (χ4v) is 1.90. The van der Waals surface area contributed by atoms with E-state index in [1.807, 2.05) is 0 Å². The largest absolute Gasteiger partial charge is 0.373 e. The molecule has 1 aliphatic carbocycles. The Bertz CT molecular complexity index is 453. The molecule has 1 fully saturated rings. The number of hydrogen-bond donors (Lipinski definition) is 0. The number of hydrogen-bond acceptors (Lipinski definition) is 2. The highest BCUT2D eigenvalue weighted by molar-refractivity contribution is 6.00. The first-order valence-corrected chi connectivity index (χ1v) is 5.58. The van der Waals surface area contributed by atoms with E-state index < -0.39 is 23.5 Å². The Hall–Kier alpha value is -1.29. The van der Waals surface area contributed by atoms with Gasteiger partial charge in [-0.3, -0.25) is 4.79 Å². The van der Waals surface area contributed by atoms with Gasteiger partial charge in [0.05, 0.1) is 5.56 Å². The molecule has 0 heterocycles. The van der Waals surface area contributed by atoms with Crippen LogP contribution in [-0.4, -0.2) is 19.0 Å². The molecule has 0 bridgehead atoms. The number of carbonyl (C=O) groups excluding carboxylic acids is 1. The van der Waals surface area contributed by atoms with Crippen LogP contribution in [0.4, 0.5) is 8.78 Å². The summed E-state index contributed by atoms with van der Waals surface area (Å²) in [6.45, 7) is 1.46. The molecule has 4 heteroatoms. The van der Waals surface area contributed by atoms with Crippen molar-refractivity contribution < 1.29 is 18.3 Å². The van der Waals surface area contributed by atoms with Crippen LogP contribution in [0.15, 0.2) is 12.1 Å². The third-order valence-corrected chi connectivity index (χ3v) is 3.10. The number of Topliss-reactive ketones (excluding diaryl/α,β-unsaturated/α-hetero) is 1. The van der Waals surface area contributed by atoms with Gasteiger partial charge in [-0.2, -0.15) is 0 Å². The number of halogens is 2. The highest BCUT2D eigenvalue weighted by atomic mass is 19.2. The van der Waals surface area contributed by atoms with Gasteiger partial charge in [-0.05, 0) is 37.3 Å². The molecular formula is C13H14F2O2. The minimum absolute atomic E-state index is 0.149. The van der Waals surface area contributed by atoms with Crippen LogP contribution >= 0.6 is 0 Å². The highest BCUT2D eigenvalue weighted by Crippen LogP contribution is 2.36. The van der Waals surface area contributed by atoms with Crippen LogP contribution in [0.5, 0.6) is 0 Å². The van der Waals surface area contributed by atoms with Crippen molar-refractivity contribution in [3.63, 3.8) is 0 Å². The Morgan fingerprint density at radius 1 is 1.35 bits per heavy atom. The quantitative estimate of drug-likeness (QED) is 0.756. The van der Waals surface area contributed by atoms with Crippen molar-refractivity contribution >= 4 is 5.78 Å². The number of ketones is 1. The normalized spacial score (nSPS) is 16.9. The number of rotatable bonds is 4. The molecule has 17 heavy (non-hydrogen) atoms. The predicted molar refractivity (Wildman–Crippen MR) is 58.9 cm³/mol. The van der Waals surface area contributed by atoms with Gasteiger partial charge in [0.2, 0.25) is 0 Å². The number of ether oxygens (including phenoxy) is 1. The van der Waals surface area contributed by atoms with Gasteiger partial charge in [-0.1, -0.05) is 6.07 Å². The second-order valence-electron chi connectivity index (χ2n) is 4.42. The molecule has 1 aromatic carbocycles. The summed E-state index contributed by atoms with van der Waals surface area (Å²) in [7, 11) is 1.42.